The molecule has 96 valence electrons. The second kappa shape index (κ2) is 6.12. The van der Waals surface area contributed by atoms with E-state index in [1.54, 1.807) is 10.9 Å². The van der Waals surface area contributed by atoms with Crippen LogP contribution in [0.3, 0.4) is 0 Å². The number of aromatic nitrogens is 3. The van der Waals surface area contributed by atoms with Crippen LogP contribution < -0.4 is 0 Å². The van der Waals surface area contributed by atoms with Crippen LogP contribution in [0.25, 0.3) is 0 Å². The average molecular weight is 422 g/mol. The summed E-state index contributed by atoms with van der Waals surface area (Å²) in [6.07, 6.45) is 1.86. The first kappa shape index (κ1) is 14.0. The van der Waals surface area contributed by atoms with E-state index >= 15 is 0 Å². The van der Waals surface area contributed by atoms with E-state index in [0.29, 0.717) is 0 Å². The lowest BCUT2D eigenvalue weighted by Crippen LogP contribution is -2.10. The third kappa shape index (κ3) is 2.92. The predicted molar refractivity (Wildman–Crippen MR) is 81.2 cm³/mol. The number of nitrogens with zero attached hydrogens (tertiary/aromatic N) is 3. The molecule has 0 saturated carbocycles. The Morgan fingerprint density at radius 3 is 3.00 bits per heavy atom. The zero-order valence-electron chi connectivity index (χ0n) is 9.85. The summed E-state index contributed by atoms with van der Waals surface area (Å²) in [5.41, 5.74) is 1.56. The van der Waals surface area contributed by atoms with E-state index in [1.165, 1.54) is 0 Å². The van der Waals surface area contributed by atoms with Crippen LogP contribution in [0.1, 0.15) is 30.7 Å². The minimum Gasteiger partial charge on any atom is -0.382 e. The van der Waals surface area contributed by atoms with Gasteiger partial charge in [-0.05, 0) is 47.2 Å². The summed E-state index contributed by atoms with van der Waals surface area (Å²) in [5.74, 6) is 0. The Balaban J connectivity index is 2.38. The van der Waals surface area contributed by atoms with Gasteiger partial charge in [-0.25, -0.2) is 4.68 Å². The fourth-order valence-electron chi connectivity index (χ4n) is 1.75. The van der Waals surface area contributed by atoms with E-state index < -0.39 is 6.10 Å². The molecule has 1 N–H and O–H groups in total. The molecule has 0 saturated heterocycles. The molecule has 1 unspecified atom stereocenters. The first-order chi connectivity index (χ1) is 8.63. The molecule has 0 aliphatic heterocycles. The zero-order chi connectivity index (χ0) is 13.1. The molecular weight excluding hydrogens is 409 g/mol. The van der Waals surface area contributed by atoms with Crippen LogP contribution in [0.15, 0.2) is 28.9 Å². The molecule has 0 spiro atoms. The Morgan fingerprint density at radius 2 is 2.28 bits per heavy atom. The summed E-state index contributed by atoms with van der Waals surface area (Å²) < 4.78 is 3.72. The molecule has 2 aromatic rings. The summed E-state index contributed by atoms with van der Waals surface area (Å²) in [7, 11) is 0. The molecule has 0 amide bonds. The van der Waals surface area contributed by atoms with Gasteiger partial charge in [-0.1, -0.05) is 28.1 Å². The Bertz CT molecular complexity index is 544. The van der Waals surface area contributed by atoms with Gasteiger partial charge in [0.05, 0.1) is 11.9 Å². The molecule has 0 aliphatic carbocycles. The minimum absolute atomic E-state index is 0.712. The maximum atomic E-state index is 10.5. The summed E-state index contributed by atoms with van der Waals surface area (Å²) in [6.45, 7) is 2.83. The molecule has 2 rings (SSSR count). The van der Waals surface area contributed by atoms with Gasteiger partial charge in [0.15, 0.2) is 0 Å². The van der Waals surface area contributed by atoms with Crippen LogP contribution in [0.4, 0.5) is 0 Å². The Morgan fingerprint density at radius 1 is 1.50 bits per heavy atom. The minimum atomic E-state index is -0.712. The fraction of sp³-hybridized carbons (Fsp3) is 0.333. The van der Waals surface area contributed by atoms with Crippen molar-refractivity contribution in [2.75, 3.05) is 0 Å². The summed E-state index contributed by atoms with van der Waals surface area (Å²) >= 11 is 5.70. The molecule has 4 nitrogen and oxygen atoms in total. The van der Waals surface area contributed by atoms with Gasteiger partial charge in [0.2, 0.25) is 0 Å². The Kier molecular flexibility index (Phi) is 4.74. The van der Waals surface area contributed by atoms with Crippen molar-refractivity contribution in [1.29, 1.82) is 0 Å². The first-order valence-electron chi connectivity index (χ1n) is 5.65. The molecule has 0 radical (unpaired) electrons. The zero-order valence-corrected chi connectivity index (χ0v) is 13.6. The lowest BCUT2D eigenvalue weighted by molar-refractivity contribution is 0.206. The van der Waals surface area contributed by atoms with Crippen molar-refractivity contribution in [1.82, 2.24) is 15.0 Å². The molecule has 0 fully saturated rings. The fourth-order valence-corrected chi connectivity index (χ4v) is 2.73. The summed E-state index contributed by atoms with van der Waals surface area (Å²) in [4.78, 5) is 0. The number of hydrogen-bond acceptors (Lipinski definition) is 3. The molecule has 0 bridgehead atoms. The number of aliphatic hydroxyl groups excluding tert-OH is 1. The molecule has 1 aromatic carbocycles. The highest BCUT2D eigenvalue weighted by atomic mass is 127. The maximum Gasteiger partial charge on any atom is 0.123 e. The van der Waals surface area contributed by atoms with Crippen LogP contribution >= 0.6 is 38.5 Å². The van der Waals surface area contributed by atoms with Gasteiger partial charge in [0.1, 0.15) is 6.10 Å². The van der Waals surface area contributed by atoms with Gasteiger partial charge in [0.25, 0.3) is 0 Å². The van der Waals surface area contributed by atoms with E-state index in [0.717, 1.165) is 32.3 Å². The van der Waals surface area contributed by atoms with Gasteiger partial charge in [-0.3, -0.25) is 0 Å². The van der Waals surface area contributed by atoms with Crippen molar-refractivity contribution in [2.45, 2.75) is 26.0 Å². The summed E-state index contributed by atoms with van der Waals surface area (Å²) in [6, 6.07) is 5.88. The van der Waals surface area contributed by atoms with Gasteiger partial charge in [0, 0.05) is 20.2 Å². The second-order valence-electron chi connectivity index (χ2n) is 3.95. The lowest BCUT2D eigenvalue weighted by atomic mass is 10.1. The number of aryl methyl sites for hydroxylation is 1. The van der Waals surface area contributed by atoms with E-state index in [4.69, 9.17) is 0 Å². The highest BCUT2D eigenvalue weighted by Crippen LogP contribution is 2.29. The Hall–Kier alpha value is -0.470. The number of hydrogen-bond donors (Lipinski definition) is 1. The number of aliphatic hydroxyl groups is 1. The van der Waals surface area contributed by atoms with E-state index in [-0.39, 0.29) is 0 Å². The van der Waals surface area contributed by atoms with Crippen molar-refractivity contribution in [2.24, 2.45) is 0 Å². The van der Waals surface area contributed by atoms with E-state index in [1.807, 2.05) is 18.2 Å². The predicted octanol–water partition coefficient (Wildman–Crippen LogP) is 3.14. The number of rotatable bonds is 4. The van der Waals surface area contributed by atoms with Gasteiger partial charge in [-0.15, -0.1) is 5.10 Å². The van der Waals surface area contributed by atoms with Crippen molar-refractivity contribution in [3.8, 4) is 0 Å². The summed E-state index contributed by atoms with van der Waals surface area (Å²) in [5, 5.41) is 18.3. The van der Waals surface area contributed by atoms with Crippen molar-refractivity contribution < 1.29 is 5.11 Å². The molecular formula is C12H13BrIN3O. The second-order valence-corrected chi connectivity index (χ2v) is 6.05. The quantitative estimate of drug-likeness (QED) is 0.771. The normalized spacial score (nSPS) is 12.7. The Labute approximate surface area is 128 Å². The first-order valence-corrected chi connectivity index (χ1v) is 7.52. The van der Waals surface area contributed by atoms with Gasteiger partial charge < -0.3 is 5.11 Å². The standard InChI is InChI=1S/C12H13BrIN3O/c1-2-5-17-11(7-15-16-17)12(18)9-6-8(14)3-4-10(9)13/h3-4,6-7,12,18H,2,5H2,1H3. The SMILES string of the molecule is CCCn1nncc1C(O)c1cc(I)ccc1Br. The van der Waals surface area contributed by atoms with Crippen molar-refractivity contribution in [3.63, 3.8) is 0 Å². The third-order valence-electron chi connectivity index (χ3n) is 2.62. The van der Waals surface area contributed by atoms with E-state index in [2.05, 4.69) is 55.8 Å². The largest absolute Gasteiger partial charge is 0.382 e. The molecule has 1 atom stereocenters. The monoisotopic (exact) mass is 421 g/mol. The van der Waals surface area contributed by atoms with E-state index in [9.17, 15) is 5.11 Å². The topological polar surface area (TPSA) is 50.9 Å². The van der Waals surface area contributed by atoms with Crippen LogP contribution in [-0.4, -0.2) is 20.1 Å². The van der Waals surface area contributed by atoms with Gasteiger partial charge in [-0.2, -0.15) is 0 Å². The molecule has 1 aromatic heterocycles. The third-order valence-corrected chi connectivity index (χ3v) is 4.01. The smallest absolute Gasteiger partial charge is 0.123 e. The lowest BCUT2D eigenvalue weighted by Gasteiger charge is -2.14. The molecule has 1 heterocycles. The number of halogens is 2. The van der Waals surface area contributed by atoms with Crippen LogP contribution in [0.5, 0.6) is 0 Å². The van der Waals surface area contributed by atoms with Crippen LogP contribution in [0, 0.1) is 3.57 Å². The molecule has 6 heteroatoms. The van der Waals surface area contributed by atoms with Gasteiger partial charge >= 0.3 is 0 Å². The maximum absolute atomic E-state index is 10.5. The average Bonchev–Trinajstić information content (AvgIpc) is 2.80. The molecule has 0 aliphatic rings. The highest BCUT2D eigenvalue weighted by molar-refractivity contribution is 14.1. The van der Waals surface area contributed by atoms with Crippen LogP contribution in [-0.2, 0) is 6.54 Å². The van der Waals surface area contributed by atoms with Crippen molar-refractivity contribution >= 4 is 38.5 Å². The molecule has 18 heavy (non-hydrogen) atoms. The number of benzene rings is 1. The van der Waals surface area contributed by atoms with Crippen molar-refractivity contribution in [3.05, 3.63) is 43.7 Å². The highest BCUT2D eigenvalue weighted by Gasteiger charge is 2.18. The van der Waals surface area contributed by atoms with Crippen LogP contribution in [0.2, 0.25) is 0 Å².